The second-order valence-corrected chi connectivity index (χ2v) is 19.2. The number of ether oxygens (including phenoxy) is 5. The van der Waals surface area contributed by atoms with Crippen molar-refractivity contribution in [2.45, 2.75) is 173 Å². The van der Waals surface area contributed by atoms with Gasteiger partial charge < -0.3 is 49.2 Å². The molecule has 0 aromatic rings. The minimum Gasteiger partial charge on any atom is -0.465 e. The third-order valence-electron chi connectivity index (χ3n) is 16.1. The predicted octanol–water partition coefficient (Wildman–Crippen LogP) is 3.01. The SMILES string of the molecule is CC(=O)OCC12CCC34CC35CCC(OC3OCC(O)C(O)C3O)C(C)(C)C5CCC4C1(C)C(OC(C)=O)C(O)C2C1(C)CCC(C(C)(C)O)O1. The van der Waals surface area contributed by atoms with Gasteiger partial charge >= 0.3 is 11.9 Å². The number of hydrogen-bond acceptors (Lipinski definition) is 12. The van der Waals surface area contributed by atoms with Crippen LogP contribution in [0.15, 0.2) is 0 Å². The van der Waals surface area contributed by atoms with Crippen molar-refractivity contribution in [3.8, 4) is 0 Å². The van der Waals surface area contributed by atoms with E-state index in [0.717, 1.165) is 38.5 Å². The van der Waals surface area contributed by atoms with Gasteiger partial charge in [-0.25, -0.2) is 0 Å². The average molecular weight is 723 g/mol. The Kier molecular flexibility index (Phi) is 8.97. The highest BCUT2D eigenvalue weighted by Gasteiger charge is 2.86. The van der Waals surface area contributed by atoms with Crippen LogP contribution in [0.25, 0.3) is 0 Å². The van der Waals surface area contributed by atoms with Gasteiger partial charge in [0.25, 0.3) is 0 Å². The third kappa shape index (κ3) is 5.20. The molecule has 5 aliphatic carbocycles. The summed E-state index contributed by atoms with van der Waals surface area (Å²) in [5.74, 6) is -1.02. The lowest BCUT2D eigenvalue weighted by Gasteiger charge is -2.64. The van der Waals surface area contributed by atoms with Gasteiger partial charge in [-0.05, 0) is 107 Å². The molecule has 0 aromatic carbocycles. The number of carbonyl (C=O) groups is 2. The van der Waals surface area contributed by atoms with Crippen LogP contribution in [0.2, 0.25) is 0 Å². The summed E-state index contributed by atoms with van der Waals surface area (Å²) in [7, 11) is 0. The van der Waals surface area contributed by atoms with Gasteiger partial charge in [-0.3, -0.25) is 9.59 Å². The highest BCUT2D eigenvalue weighted by atomic mass is 16.7. The molecule has 2 spiro atoms. The fourth-order valence-corrected chi connectivity index (χ4v) is 14.0. The molecule has 16 unspecified atom stereocenters. The number of esters is 2. The van der Waals surface area contributed by atoms with E-state index in [1.807, 2.05) is 6.92 Å². The number of aliphatic hydroxyl groups is 5. The molecule has 16 atom stereocenters. The molecule has 2 aliphatic heterocycles. The Morgan fingerprint density at radius 3 is 2.12 bits per heavy atom. The van der Waals surface area contributed by atoms with Crippen molar-refractivity contribution in [1.29, 1.82) is 0 Å². The minimum absolute atomic E-state index is 0.00120. The van der Waals surface area contributed by atoms with E-state index >= 15 is 0 Å². The second kappa shape index (κ2) is 12.1. The van der Waals surface area contributed by atoms with Crippen LogP contribution in [0, 0.1) is 44.8 Å². The summed E-state index contributed by atoms with van der Waals surface area (Å²) in [6.45, 7) is 14.9. The van der Waals surface area contributed by atoms with Gasteiger partial charge in [-0.2, -0.15) is 0 Å². The molecule has 0 bridgehead atoms. The quantitative estimate of drug-likeness (QED) is 0.192. The van der Waals surface area contributed by atoms with E-state index in [9.17, 15) is 35.1 Å². The number of hydrogen-bond donors (Lipinski definition) is 5. The molecule has 2 saturated heterocycles. The summed E-state index contributed by atoms with van der Waals surface area (Å²) >= 11 is 0. The van der Waals surface area contributed by atoms with E-state index in [-0.39, 0.29) is 41.5 Å². The zero-order chi connectivity index (χ0) is 37.3. The first-order valence-corrected chi connectivity index (χ1v) is 19.3. The Hall–Kier alpha value is -1.38. The molecule has 0 radical (unpaired) electrons. The van der Waals surface area contributed by atoms with E-state index in [1.165, 1.54) is 13.8 Å². The lowest BCUT2D eigenvalue weighted by Crippen LogP contribution is -2.63. The van der Waals surface area contributed by atoms with Crippen LogP contribution in [0.1, 0.15) is 113 Å². The van der Waals surface area contributed by atoms with Gasteiger partial charge in [-0.15, -0.1) is 0 Å². The highest BCUT2D eigenvalue weighted by Crippen LogP contribution is 2.89. The third-order valence-corrected chi connectivity index (χ3v) is 16.1. The standard InChI is InChI=1S/C39H62O12/c1-20(40)48-19-39-16-15-38-18-37(38)14-12-25(50-32-28(44)27(43)22(42)17-47-32)33(3,4)23(37)9-10-24(38)36(39,8)31(49-21(2)41)29(45)30(39)35(7)13-11-26(51-35)34(5,6)46/h22-32,42-46H,9-19H2,1-8H3. The van der Waals surface area contributed by atoms with Crippen molar-refractivity contribution in [3.05, 3.63) is 0 Å². The van der Waals surface area contributed by atoms with Crippen molar-refractivity contribution in [2.75, 3.05) is 13.2 Å². The van der Waals surface area contributed by atoms with E-state index < -0.39 is 82.8 Å². The van der Waals surface area contributed by atoms with Crippen LogP contribution in [0.5, 0.6) is 0 Å². The van der Waals surface area contributed by atoms with Crippen molar-refractivity contribution in [1.82, 2.24) is 0 Å². The van der Waals surface area contributed by atoms with E-state index in [1.54, 1.807) is 13.8 Å². The molecule has 2 heterocycles. The van der Waals surface area contributed by atoms with Gasteiger partial charge in [0.1, 0.15) is 24.4 Å². The first-order chi connectivity index (χ1) is 23.6. The molecule has 7 rings (SSSR count). The maximum Gasteiger partial charge on any atom is 0.303 e. The number of rotatable bonds is 7. The van der Waals surface area contributed by atoms with Crippen LogP contribution in [0.4, 0.5) is 0 Å². The Bertz CT molecular complexity index is 1400. The molecular formula is C39H62O12. The van der Waals surface area contributed by atoms with Gasteiger partial charge in [0.15, 0.2) is 6.29 Å². The number of carbonyl (C=O) groups excluding carboxylic acids is 2. The molecule has 5 N–H and O–H groups in total. The Balaban J connectivity index is 1.24. The Morgan fingerprint density at radius 2 is 1.49 bits per heavy atom. The lowest BCUT2D eigenvalue weighted by atomic mass is 9.41. The van der Waals surface area contributed by atoms with Crippen LogP contribution in [0.3, 0.4) is 0 Å². The fourth-order valence-electron chi connectivity index (χ4n) is 14.0. The lowest BCUT2D eigenvalue weighted by molar-refractivity contribution is -0.303. The molecule has 7 aliphatic rings. The molecule has 7 fully saturated rings. The zero-order valence-electron chi connectivity index (χ0n) is 31.7. The fraction of sp³-hybridized carbons (Fsp3) is 0.949. The zero-order valence-corrected chi connectivity index (χ0v) is 31.7. The van der Waals surface area contributed by atoms with Crippen LogP contribution in [-0.2, 0) is 33.3 Å². The Labute approximate surface area is 301 Å². The predicted molar refractivity (Wildman–Crippen MR) is 182 cm³/mol. The molecule has 51 heavy (non-hydrogen) atoms. The largest absolute Gasteiger partial charge is 0.465 e. The molecule has 290 valence electrons. The summed E-state index contributed by atoms with van der Waals surface area (Å²) in [5.41, 5.74) is -3.84. The first-order valence-electron chi connectivity index (χ1n) is 19.3. The van der Waals surface area contributed by atoms with E-state index in [0.29, 0.717) is 25.2 Å². The first kappa shape index (κ1) is 37.9. The van der Waals surface area contributed by atoms with Crippen molar-refractivity contribution < 1.29 is 58.8 Å². The second-order valence-electron chi connectivity index (χ2n) is 19.2. The summed E-state index contributed by atoms with van der Waals surface area (Å²) < 4.78 is 31.1. The van der Waals surface area contributed by atoms with Crippen molar-refractivity contribution in [3.63, 3.8) is 0 Å². The Morgan fingerprint density at radius 1 is 0.824 bits per heavy atom. The minimum atomic E-state index is -1.35. The van der Waals surface area contributed by atoms with Crippen LogP contribution in [-0.4, -0.2) is 111 Å². The summed E-state index contributed by atoms with van der Waals surface area (Å²) in [5, 5.41) is 54.5. The van der Waals surface area contributed by atoms with E-state index in [4.69, 9.17) is 23.7 Å². The van der Waals surface area contributed by atoms with Crippen LogP contribution >= 0.6 is 0 Å². The highest BCUT2D eigenvalue weighted by molar-refractivity contribution is 5.67. The molecule has 0 amide bonds. The molecular weight excluding hydrogens is 660 g/mol. The maximum atomic E-state index is 12.9. The van der Waals surface area contributed by atoms with Crippen LogP contribution < -0.4 is 0 Å². The smallest absolute Gasteiger partial charge is 0.303 e. The maximum absolute atomic E-state index is 12.9. The van der Waals surface area contributed by atoms with Gasteiger partial charge in [0.2, 0.25) is 0 Å². The molecule has 5 saturated carbocycles. The van der Waals surface area contributed by atoms with Gasteiger partial charge in [-0.1, -0.05) is 20.8 Å². The van der Waals surface area contributed by atoms with E-state index in [2.05, 4.69) is 20.8 Å². The average Bonchev–Trinajstić information content (AvgIpc) is 3.44. The van der Waals surface area contributed by atoms with Gasteiger partial charge in [0, 0.05) is 30.6 Å². The molecule has 12 nitrogen and oxygen atoms in total. The summed E-state index contributed by atoms with van der Waals surface area (Å²) in [4.78, 5) is 25.4. The number of aliphatic hydroxyl groups excluding tert-OH is 4. The molecule has 12 heteroatoms. The summed E-state index contributed by atoms with van der Waals surface area (Å²) in [6, 6.07) is 0. The monoisotopic (exact) mass is 722 g/mol. The van der Waals surface area contributed by atoms with Gasteiger partial charge in [0.05, 0.1) is 42.7 Å². The molecule has 0 aromatic heterocycles. The van der Waals surface area contributed by atoms with Crippen molar-refractivity contribution in [2.24, 2.45) is 44.8 Å². The topological polar surface area (TPSA) is 181 Å². The van der Waals surface area contributed by atoms with Crippen molar-refractivity contribution >= 4 is 11.9 Å². The summed E-state index contributed by atoms with van der Waals surface area (Å²) in [6.07, 6.45) is -0.352. The number of fused-ring (bicyclic) bond motifs is 2. The normalized spacial score (nSPS) is 52.9.